The zero-order valence-corrected chi connectivity index (χ0v) is 18.5. The van der Waals surface area contributed by atoms with E-state index in [1.165, 1.54) is 29.2 Å². The van der Waals surface area contributed by atoms with Crippen molar-refractivity contribution < 1.29 is 18.7 Å². The maximum absolute atomic E-state index is 13.1. The van der Waals surface area contributed by atoms with Crippen LogP contribution in [0.15, 0.2) is 48.5 Å². The Kier molecular flexibility index (Phi) is 8.24. The second-order valence-corrected chi connectivity index (χ2v) is 8.49. The summed E-state index contributed by atoms with van der Waals surface area (Å²) in [5.41, 5.74) is 0.418. The van der Waals surface area contributed by atoms with E-state index in [1.807, 2.05) is 39.8 Å². The maximum Gasteiger partial charge on any atom is 0.261 e. The van der Waals surface area contributed by atoms with Crippen LogP contribution >= 0.6 is 11.6 Å². The highest BCUT2D eigenvalue weighted by atomic mass is 35.5. The number of carbonyl (C=O) groups is 2. The Morgan fingerprint density at radius 1 is 1.10 bits per heavy atom. The lowest BCUT2D eigenvalue weighted by atomic mass is 10.1. The zero-order chi connectivity index (χ0) is 22.3. The third-order valence-electron chi connectivity index (χ3n) is 4.33. The van der Waals surface area contributed by atoms with Crippen LogP contribution in [-0.4, -0.2) is 34.9 Å². The van der Waals surface area contributed by atoms with Gasteiger partial charge in [0.2, 0.25) is 5.91 Å². The van der Waals surface area contributed by atoms with Crippen LogP contribution in [0, 0.1) is 5.82 Å². The van der Waals surface area contributed by atoms with Gasteiger partial charge in [0.1, 0.15) is 17.6 Å². The first-order chi connectivity index (χ1) is 14.1. The molecule has 2 aromatic carbocycles. The normalized spacial score (nSPS) is 12.2. The number of hydrogen-bond donors (Lipinski definition) is 1. The first-order valence-corrected chi connectivity index (χ1v) is 10.2. The molecule has 2 aromatic rings. The van der Waals surface area contributed by atoms with Gasteiger partial charge in [-0.25, -0.2) is 4.39 Å². The molecule has 0 aliphatic heterocycles. The SMILES string of the molecule is CC[C@H](C(=O)NC(C)(C)C)N(Cc1ccc(Cl)cc1)C(=O)COc1ccc(F)cc1. The lowest BCUT2D eigenvalue weighted by molar-refractivity contribution is -0.143. The van der Waals surface area contributed by atoms with Gasteiger partial charge in [-0.05, 0) is 69.2 Å². The van der Waals surface area contributed by atoms with E-state index in [1.54, 1.807) is 12.1 Å². The number of ether oxygens (including phenoxy) is 1. The van der Waals surface area contributed by atoms with E-state index in [-0.39, 0.29) is 30.8 Å². The number of hydrogen-bond acceptors (Lipinski definition) is 3. The van der Waals surface area contributed by atoms with Gasteiger partial charge < -0.3 is 15.0 Å². The van der Waals surface area contributed by atoms with Crippen molar-refractivity contribution >= 4 is 23.4 Å². The van der Waals surface area contributed by atoms with Crippen LogP contribution in [0.5, 0.6) is 5.75 Å². The van der Waals surface area contributed by atoms with Crippen LogP contribution in [-0.2, 0) is 16.1 Å². The van der Waals surface area contributed by atoms with Crippen molar-refractivity contribution in [2.75, 3.05) is 6.61 Å². The predicted octanol–water partition coefficient (Wildman–Crippen LogP) is 4.58. The summed E-state index contributed by atoms with van der Waals surface area (Å²) in [4.78, 5) is 27.4. The molecular weight excluding hydrogens is 407 g/mol. The highest BCUT2D eigenvalue weighted by Gasteiger charge is 2.30. The Balaban J connectivity index is 2.21. The molecule has 5 nitrogen and oxygen atoms in total. The summed E-state index contributed by atoms with van der Waals surface area (Å²) in [6, 6.07) is 11.9. The molecule has 7 heteroatoms. The van der Waals surface area contributed by atoms with Crippen LogP contribution in [0.4, 0.5) is 4.39 Å². The molecule has 1 atom stereocenters. The lowest BCUT2D eigenvalue weighted by Crippen LogP contribution is -2.54. The minimum Gasteiger partial charge on any atom is -0.484 e. The van der Waals surface area contributed by atoms with E-state index in [0.717, 1.165) is 5.56 Å². The molecule has 0 unspecified atom stereocenters. The fourth-order valence-electron chi connectivity index (χ4n) is 2.92. The third kappa shape index (κ3) is 7.34. The molecule has 0 fully saturated rings. The van der Waals surface area contributed by atoms with E-state index in [9.17, 15) is 14.0 Å². The van der Waals surface area contributed by atoms with Crippen molar-refractivity contribution in [2.45, 2.75) is 52.2 Å². The molecule has 0 radical (unpaired) electrons. The maximum atomic E-state index is 13.1. The number of nitrogens with zero attached hydrogens (tertiary/aromatic N) is 1. The lowest BCUT2D eigenvalue weighted by Gasteiger charge is -2.33. The van der Waals surface area contributed by atoms with E-state index in [0.29, 0.717) is 17.2 Å². The van der Waals surface area contributed by atoms with Gasteiger partial charge in [-0.1, -0.05) is 30.7 Å². The first kappa shape index (κ1) is 23.7. The number of amides is 2. The summed E-state index contributed by atoms with van der Waals surface area (Å²) in [6.07, 6.45) is 0.442. The average Bonchev–Trinajstić information content (AvgIpc) is 2.67. The highest BCUT2D eigenvalue weighted by molar-refractivity contribution is 6.30. The summed E-state index contributed by atoms with van der Waals surface area (Å²) in [5, 5.41) is 3.54. The molecule has 0 aliphatic carbocycles. The molecule has 0 spiro atoms. The van der Waals surface area contributed by atoms with Gasteiger partial charge in [-0.15, -0.1) is 0 Å². The summed E-state index contributed by atoms with van der Waals surface area (Å²) < 4.78 is 18.6. The highest BCUT2D eigenvalue weighted by Crippen LogP contribution is 2.17. The second-order valence-electron chi connectivity index (χ2n) is 8.05. The van der Waals surface area contributed by atoms with Crippen LogP contribution in [0.3, 0.4) is 0 Å². The molecule has 0 aromatic heterocycles. The molecule has 30 heavy (non-hydrogen) atoms. The molecule has 0 heterocycles. The molecule has 0 saturated carbocycles. The molecule has 2 rings (SSSR count). The van der Waals surface area contributed by atoms with Gasteiger partial charge in [0, 0.05) is 17.1 Å². The molecule has 162 valence electrons. The quantitative estimate of drug-likeness (QED) is 0.661. The standard InChI is InChI=1S/C23H28ClFN2O3/c1-5-20(22(29)26-23(2,3)4)27(14-16-6-8-17(24)9-7-16)21(28)15-30-19-12-10-18(25)11-13-19/h6-13,20H,5,14-15H2,1-4H3,(H,26,29)/t20-/m1/s1. The van der Waals surface area contributed by atoms with Gasteiger partial charge in [0.05, 0.1) is 0 Å². The van der Waals surface area contributed by atoms with E-state index >= 15 is 0 Å². The van der Waals surface area contributed by atoms with Gasteiger partial charge in [0.25, 0.3) is 5.91 Å². The fourth-order valence-corrected chi connectivity index (χ4v) is 3.04. The number of rotatable bonds is 8. The Morgan fingerprint density at radius 2 is 1.70 bits per heavy atom. The Labute approximate surface area is 182 Å². The van der Waals surface area contributed by atoms with Crippen molar-refractivity contribution in [3.05, 3.63) is 64.9 Å². The van der Waals surface area contributed by atoms with Crippen LogP contribution in [0.2, 0.25) is 5.02 Å². The van der Waals surface area contributed by atoms with Gasteiger partial charge >= 0.3 is 0 Å². The van der Waals surface area contributed by atoms with E-state index in [4.69, 9.17) is 16.3 Å². The summed E-state index contributed by atoms with van der Waals surface area (Å²) >= 11 is 5.96. The Bertz CT molecular complexity index is 848. The number of nitrogens with one attached hydrogen (secondary N) is 1. The van der Waals surface area contributed by atoms with Gasteiger partial charge in [-0.3, -0.25) is 9.59 Å². The topological polar surface area (TPSA) is 58.6 Å². The molecule has 0 aliphatic rings. The molecular formula is C23H28ClFN2O3. The van der Waals surface area contributed by atoms with Crippen LogP contribution < -0.4 is 10.1 Å². The molecule has 1 N–H and O–H groups in total. The van der Waals surface area contributed by atoms with Crippen LogP contribution in [0.1, 0.15) is 39.7 Å². The molecule has 0 bridgehead atoms. The molecule has 0 saturated heterocycles. The monoisotopic (exact) mass is 434 g/mol. The second kappa shape index (κ2) is 10.4. The van der Waals surface area contributed by atoms with Gasteiger partial charge in [-0.2, -0.15) is 0 Å². The summed E-state index contributed by atoms with van der Waals surface area (Å²) in [6.45, 7) is 7.50. The Hall–Kier alpha value is -2.60. The van der Waals surface area contributed by atoms with E-state index in [2.05, 4.69) is 5.32 Å². The van der Waals surface area contributed by atoms with Crippen molar-refractivity contribution in [3.8, 4) is 5.75 Å². The van der Waals surface area contributed by atoms with Crippen molar-refractivity contribution in [3.63, 3.8) is 0 Å². The third-order valence-corrected chi connectivity index (χ3v) is 4.58. The van der Waals surface area contributed by atoms with Crippen molar-refractivity contribution in [1.29, 1.82) is 0 Å². The number of halogens is 2. The largest absolute Gasteiger partial charge is 0.484 e. The first-order valence-electron chi connectivity index (χ1n) is 9.83. The van der Waals surface area contributed by atoms with Crippen molar-refractivity contribution in [2.24, 2.45) is 0 Å². The molecule has 2 amide bonds. The Morgan fingerprint density at radius 3 is 2.23 bits per heavy atom. The minimum absolute atomic E-state index is 0.228. The summed E-state index contributed by atoms with van der Waals surface area (Å²) in [5.74, 6) is -0.578. The van der Waals surface area contributed by atoms with Crippen LogP contribution in [0.25, 0.3) is 0 Å². The van der Waals surface area contributed by atoms with E-state index < -0.39 is 11.6 Å². The van der Waals surface area contributed by atoms with Crippen molar-refractivity contribution in [1.82, 2.24) is 10.2 Å². The number of carbonyl (C=O) groups excluding carboxylic acids is 2. The minimum atomic E-state index is -0.663. The smallest absolute Gasteiger partial charge is 0.261 e. The van der Waals surface area contributed by atoms with Gasteiger partial charge in [0.15, 0.2) is 6.61 Å². The average molecular weight is 435 g/mol. The summed E-state index contributed by atoms with van der Waals surface area (Å²) in [7, 11) is 0. The fraction of sp³-hybridized carbons (Fsp3) is 0.391. The predicted molar refractivity (Wildman–Crippen MR) is 116 cm³/mol. The zero-order valence-electron chi connectivity index (χ0n) is 17.7. The number of benzene rings is 2.